The molecule has 140 valence electrons. The van der Waals surface area contributed by atoms with Gasteiger partial charge in [0, 0.05) is 22.3 Å². The van der Waals surface area contributed by atoms with Crippen LogP contribution in [-0.2, 0) is 0 Å². The van der Waals surface area contributed by atoms with Gasteiger partial charge >= 0.3 is 0 Å². The Morgan fingerprint density at radius 1 is 0.733 bits per heavy atom. The Labute approximate surface area is 175 Å². The van der Waals surface area contributed by atoms with Gasteiger partial charge in [0.1, 0.15) is 24.0 Å². The summed E-state index contributed by atoms with van der Waals surface area (Å²) in [6, 6.07) is 18.4. The van der Waals surface area contributed by atoms with Crippen LogP contribution < -0.4 is 0 Å². The number of hydrogen-bond acceptors (Lipinski definition) is 3. The van der Waals surface area contributed by atoms with Crippen molar-refractivity contribution in [3.05, 3.63) is 124 Å². The predicted octanol–water partition coefficient (Wildman–Crippen LogP) is 5.31. The van der Waals surface area contributed by atoms with Crippen LogP contribution in [0.2, 0.25) is 0 Å². The van der Waals surface area contributed by atoms with E-state index in [1.807, 2.05) is 78.9 Å². The van der Waals surface area contributed by atoms with Crippen LogP contribution in [0.5, 0.6) is 0 Å². The smallest absolute Gasteiger partial charge is 0.150 e. The summed E-state index contributed by atoms with van der Waals surface area (Å²) in [6.07, 6.45) is 14.1. The van der Waals surface area contributed by atoms with Crippen molar-refractivity contribution in [2.45, 2.75) is 0 Å². The van der Waals surface area contributed by atoms with E-state index in [4.69, 9.17) is 0 Å². The highest BCUT2D eigenvalue weighted by Crippen LogP contribution is 2.23. The summed E-state index contributed by atoms with van der Waals surface area (Å²) < 4.78 is 0. The molecule has 0 atom stereocenters. The van der Waals surface area contributed by atoms with Gasteiger partial charge in [0.2, 0.25) is 0 Å². The molecule has 0 amide bonds. The molecule has 0 heterocycles. The lowest BCUT2D eigenvalue weighted by molar-refractivity contribution is 0.112. The van der Waals surface area contributed by atoms with Crippen molar-refractivity contribution in [2.75, 3.05) is 0 Å². The van der Waals surface area contributed by atoms with Gasteiger partial charge in [-0.1, -0.05) is 72.6 Å². The van der Waals surface area contributed by atoms with Crippen LogP contribution in [0.25, 0.3) is 5.57 Å². The molecule has 0 aromatic heterocycles. The van der Waals surface area contributed by atoms with Crippen LogP contribution in [0.1, 0.15) is 27.0 Å². The Hall–Kier alpha value is -4.65. The molecule has 0 aliphatic heterocycles. The maximum absolute atomic E-state index is 10.7. The molecule has 0 saturated heterocycles. The van der Waals surface area contributed by atoms with E-state index in [1.54, 1.807) is 24.3 Å². The van der Waals surface area contributed by atoms with Crippen molar-refractivity contribution in [3.63, 3.8) is 0 Å². The fraction of sp³-hybridized carbons (Fsp3) is 0. The van der Waals surface area contributed by atoms with Crippen LogP contribution in [0.3, 0.4) is 0 Å². The van der Waals surface area contributed by atoms with Gasteiger partial charge in [-0.15, -0.1) is 0 Å². The molecule has 0 bridgehead atoms. The van der Waals surface area contributed by atoms with E-state index in [0.717, 1.165) is 28.5 Å². The second kappa shape index (κ2) is 10.0. The van der Waals surface area contributed by atoms with Gasteiger partial charge < -0.3 is 0 Å². The Balaban J connectivity index is 1.92. The monoisotopic (exact) mass is 384 g/mol. The standard InChI is InChI=1S/C27H16N2O/c28-18-26(19-29)27(17-23-5-3-1-2-4-6-23)25-15-13-22(14-16-25)8-7-21-9-11-24(20-30)12-10-21/h1-6,9-17,20H. The minimum Gasteiger partial charge on any atom is -0.298 e. The lowest BCUT2D eigenvalue weighted by Gasteiger charge is -2.05. The van der Waals surface area contributed by atoms with E-state index in [0.29, 0.717) is 11.1 Å². The number of allylic oxidation sites excluding steroid dienone is 10. The molecule has 2 aromatic carbocycles. The van der Waals surface area contributed by atoms with Gasteiger partial charge in [0.15, 0.2) is 0 Å². The number of hydrogen-bond donors (Lipinski definition) is 0. The number of nitriles is 2. The normalized spacial score (nSPS) is 11.3. The Bertz CT molecular complexity index is 1210. The van der Waals surface area contributed by atoms with Gasteiger partial charge in [-0.05, 0) is 41.5 Å². The summed E-state index contributed by atoms with van der Waals surface area (Å²) in [5, 5.41) is 18.8. The molecular formula is C27H16N2O. The predicted molar refractivity (Wildman–Crippen MR) is 118 cm³/mol. The van der Waals surface area contributed by atoms with Crippen molar-refractivity contribution in [1.82, 2.24) is 0 Å². The van der Waals surface area contributed by atoms with Crippen LogP contribution in [0, 0.1) is 34.5 Å². The maximum Gasteiger partial charge on any atom is 0.150 e. The summed E-state index contributed by atoms with van der Waals surface area (Å²) in [5.74, 6) is 6.14. The van der Waals surface area contributed by atoms with E-state index in [9.17, 15) is 15.3 Å². The van der Waals surface area contributed by atoms with Gasteiger partial charge in [0.05, 0.1) is 0 Å². The molecule has 3 rings (SSSR count). The fourth-order valence-corrected chi connectivity index (χ4v) is 2.75. The minimum atomic E-state index is 0.0515. The topological polar surface area (TPSA) is 64.7 Å². The van der Waals surface area contributed by atoms with E-state index in [2.05, 4.69) is 11.8 Å². The fourth-order valence-electron chi connectivity index (χ4n) is 2.75. The molecule has 3 nitrogen and oxygen atoms in total. The molecule has 2 aromatic rings. The number of carbonyl (C=O) groups is 1. The van der Waals surface area contributed by atoms with Gasteiger partial charge in [-0.2, -0.15) is 10.5 Å². The average Bonchev–Trinajstić information content (AvgIpc) is 3.07. The number of carbonyl (C=O) groups excluding carboxylic acids is 1. The summed E-state index contributed by atoms with van der Waals surface area (Å²) >= 11 is 0. The lowest BCUT2D eigenvalue weighted by Crippen LogP contribution is -1.89. The highest BCUT2D eigenvalue weighted by molar-refractivity contribution is 5.83. The summed E-state index contributed by atoms with van der Waals surface area (Å²) in [5.41, 5.74) is 4.50. The van der Waals surface area contributed by atoms with Gasteiger partial charge in [0.25, 0.3) is 0 Å². The molecule has 0 unspecified atom stereocenters. The highest BCUT2D eigenvalue weighted by Gasteiger charge is 2.08. The van der Waals surface area contributed by atoms with E-state index < -0.39 is 0 Å². The first kappa shape index (κ1) is 20.1. The van der Waals surface area contributed by atoms with Crippen LogP contribution >= 0.6 is 0 Å². The third-order valence-corrected chi connectivity index (χ3v) is 4.31. The molecule has 30 heavy (non-hydrogen) atoms. The summed E-state index contributed by atoms with van der Waals surface area (Å²) in [7, 11) is 0. The Kier molecular flexibility index (Phi) is 6.73. The SMILES string of the molecule is N#CC(C#N)=C(C=C1C=CC=CC=C1)c1ccc(C#Cc2ccc(C=O)cc2)cc1. The number of benzene rings is 2. The molecule has 1 aliphatic carbocycles. The van der Waals surface area contributed by atoms with Crippen LogP contribution in [0.15, 0.2) is 102 Å². The second-order valence-electron chi connectivity index (χ2n) is 6.33. The molecule has 1 aliphatic rings. The van der Waals surface area contributed by atoms with Crippen LogP contribution in [0.4, 0.5) is 0 Å². The molecule has 0 fully saturated rings. The zero-order chi connectivity index (χ0) is 21.2. The first-order valence-electron chi connectivity index (χ1n) is 9.19. The third kappa shape index (κ3) is 5.20. The van der Waals surface area contributed by atoms with E-state index in [-0.39, 0.29) is 5.57 Å². The number of rotatable bonds is 3. The first-order valence-corrected chi connectivity index (χ1v) is 9.19. The minimum absolute atomic E-state index is 0.0515. The largest absolute Gasteiger partial charge is 0.298 e. The van der Waals surface area contributed by atoms with E-state index >= 15 is 0 Å². The van der Waals surface area contributed by atoms with Crippen molar-refractivity contribution in [1.29, 1.82) is 10.5 Å². The zero-order valence-corrected chi connectivity index (χ0v) is 16.0. The summed E-state index contributed by atoms with van der Waals surface area (Å²) in [6.45, 7) is 0. The van der Waals surface area contributed by atoms with E-state index in [1.165, 1.54) is 0 Å². The van der Waals surface area contributed by atoms with Gasteiger partial charge in [-0.3, -0.25) is 4.79 Å². The summed E-state index contributed by atoms with van der Waals surface area (Å²) in [4.78, 5) is 10.7. The highest BCUT2D eigenvalue weighted by atomic mass is 16.1. The average molecular weight is 384 g/mol. The van der Waals surface area contributed by atoms with Crippen molar-refractivity contribution in [2.24, 2.45) is 0 Å². The third-order valence-electron chi connectivity index (χ3n) is 4.31. The number of nitrogens with zero attached hydrogens (tertiary/aromatic N) is 2. The quantitative estimate of drug-likeness (QED) is 0.409. The molecule has 0 radical (unpaired) electrons. The molecule has 0 spiro atoms. The Morgan fingerprint density at radius 3 is 1.77 bits per heavy atom. The molecular weight excluding hydrogens is 368 g/mol. The molecule has 0 N–H and O–H groups in total. The molecule has 3 heteroatoms. The first-order chi connectivity index (χ1) is 14.7. The van der Waals surface area contributed by atoms with Crippen molar-refractivity contribution < 1.29 is 4.79 Å². The van der Waals surface area contributed by atoms with Crippen molar-refractivity contribution >= 4 is 11.9 Å². The number of aldehydes is 1. The maximum atomic E-state index is 10.7. The van der Waals surface area contributed by atoms with Crippen LogP contribution in [-0.4, -0.2) is 6.29 Å². The Morgan fingerprint density at radius 2 is 1.27 bits per heavy atom. The molecule has 0 saturated carbocycles. The lowest BCUT2D eigenvalue weighted by atomic mass is 9.97. The van der Waals surface area contributed by atoms with Crippen molar-refractivity contribution in [3.8, 4) is 24.0 Å². The van der Waals surface area contributed by atoms with Gasteiger partial charge in [-0.25, -0.2) is 0 Å². The zero-order valence-electron chi connectivity index (χ0n) is 16.0. The second-order valence-corrected chi connectivity index (χ2v) is 6.33.